The number of amides is 1. The molecule has 128 valence electrons. The standard InChI is InChI=1S/C19H28ClNO2/c1-13(16-5-7-18(20)8-6-16)15(3)21(4)19(22)14(2)17-9-11-23-12-10-17/h5-8,13-15,17H,9-12H2,1-4H3/t13-,14+,15+/m1/s1. The summed E-state index contributed by atoms with van der Waals surface area (Å²) in [5, 5.41) is 0.742. The summed E-state index contributed by atoms with van der Waals surface area (Å²) in [5.41, 5.74) is 1.21. The van der Waals surface area contributed by atoms with Crippen molar-refractivity contribution >= 4 is 17.5 Å². The Balaban J connectivity index is 2.00. The predicted molar refractivity (Wildman–Crippen MR) is 94.8 cm³/mol. The molecule has 0 unspecified atom stereocenters. The number of ether oxygens (including phenoxy) is 1. The van der Waals surface area contributed by atoms with Crippen LogP contribution >= 0.6 is 11.6 Å². The van der Waals surface area contributed by atoms with E-state index in [0.29, 0.717) is 5.92 Å². The van der Waals surface area contributed by atoms with Gasteiger partial charge in [0.15, 0.2) is 0 Å². The smallest absolute Gasteiger partial charge is 0.225 e. The van der Waals surface area contributed by atoms with Crippen LogP contribution in [0.2, 0.25) is 5.02 Å². The molecule has 0 saturated carbocycles. The lowest BCUT2D eigenvalue weighted by molar-refractivity contribution is -0.138. The van der Waals surface area contributed by atoms with E-state index in [0.717, 1.165) is 31.1 Å². The molecule has 3 nitrogen and oxygen atoms in total. The number of nitrogens with zero attached hydrogens (tertiary/aromatic N) is 1. The Bertz CT molecular complexity index is 511. The van der Waals surface area contributed by atoms with Gasteiger partial charge in [0.1, 0.15) is 0 Å². The second-order valence-corrected chi connectivity index (χ2v) is 7.20. The molecular weight excluding hydrogens is 310 g/mol. The molecule has 1 saturated heterocycles. The van der Waals surface area contributed by atoms with Crippen molar-refractivity contribution in [3.05, 3.63) is 34.9 Å². The fraction of sp³-hybridized carbons (Fsp3) is 0.632. The third kappa shape index (κ3) is 4.48. The zero-order valence-electron chi connectivity index (χ0n) is 14.6. The van der Waals surface area contributed by atoms with E-state index in [-0.39, 0.29) is 23.8 Å². The number of carbonyl (C=O) groups is 1. The second kappa shape index (κ2) is 8.16. The van der Waals surface area contributed by atoms with Gasteiger partial charge in [-0.15, -0.1) is 0 Å². The summed E-state index contributed by atoms with van der Waals surface area (Å²) in [4.78, 5) is 14.8. The van der Waals surface area contributed by atoms with Gasteiger partial charge >= 0.3 is 0 Å². The Kier molecular flexibility index (Phi) is 6.49. The van der Waals surface area contributed by atoms with Gasteiger partial charge in [-0.3, -0.25) is 4.79 Å². The zero-order chi connectivity index (χ0) is 17.0. The van der Waals surface area contributed by atoms with Gasteiger partial charge in [0, 0.05) is 43.2 Å². The molecule has 0 aliphatic carbocycles. The Morgan fingerprint density at radius 1 is 1.17 bits per heavy atom. The van der Waals surface area contributed by atoms with Gasteiger partial charge in [-0.2, -0.15) is 0 Å². The van der Waals surface area contributed by atoms with E-state index in [1.54, 1.807) is 0 Å². The minimum Gasteiger partial charge on any atom is -0.381 e. The lowest BCUT2D eigenvalue weighted by Crippen LogP contribution is -2.43. The van der Waals surface area contributed by atoms with Crippen molar-refractivity contribution in [1.29, 1.82) is 0 Å². The highest BCUT2D eigenvalue weighted by Crippen LogP contribution is 2.28. The summed E-state index contributed by atoms with van der Waals surface area (Å²) in [7, 11) is 1.93. The first-order valence-corrected chi connectivity index (χ1v) is 8.89. The van der Waals surface area contributed by atoms with Crippen LogP contribution in [0.5, 0.6) is 0 Å². The summed E-state index contributed by atoms with van der Waals surface area (Å²) in [6.45, 7) is 7.91. The van der Waals surface area contributed by atoms with Gasteiger partial charge in [0.25, 0.3) is 0 Å². The molecule has 2 rings (SSSR count). The van der Waals surface area contributed by atoms with E-state index in [1.165, 1.54) is 5.56 Å². The maximum atomic E-state index is 12.8. The largest absolute Gasteiger partial charge is 0.381 e. The van der Waals surface area contributed by atoms with Crippen molar-refractivity contribution in [1.82, 2.24) is 4.90 Å². The van der Waals surface area contributed by atoms with Gasteiger partial charge in [0.05, 0.1) is 0 Å². The van der Waals surface area contributed by atoms with E-state index < -0.39 is 0 Å². The van der Waals surface area contributed by atoms with Crippen LogP contribution in [0.15, 0.2) is 24.3 Å². The highest BCUT2D eigenvalue weighted by atomic mass is 35.5. The summed E-state index contributed by atoms with van der Waals surface area (Å²) in [6, 6.07) is 8.05. The van der Waals surface area contributed by atoms with Crippen LogP contribution < -0.4 is 0 Å². The number of likely N-dealkylation sites (N-methyl/N-ethyl adjacent to an activating group) is 1. The van der Waals surface area contributed by atoms with E-state index in [9.17, 15) is 4.79 Å². The van der Waals surface area contributed by atoms with Crippen LogP contribution in [0.25, 0.3) is 0 Å². The van der Waals surface area contributed by atoms with E-state index in [2.05, 4.69) is 20.8 Å². The Morgan fingerprint density at radius 2 is 1.74 bits per heavy atom. The quantitative estimate of drug-likeness (QED) is 0.799. The SMILES string of the molecule is C[C@H](C(=O)N(C)[C@@H](C)[C@@H](C)c1ccc(Cl)cc1)C1CCOCC1. The second-order valence-electron chi connectivity index (χ2n) is 6.77. The molecule has 1 aliphatic heterocycles. The number of hydrogen-bond donors (Lipinski definition) is 0. The summed E-state index contributed by atoms with van der Waals surface area (Å²) in [6.07, 6.45) is 1.98. The molecule has 1 aromatic carbocycles. The van der Waals surface area contributed by atoms with Crippen LogP contribution in [0, 0.1) is 11.8 Å². The van der Waals surface area contributed by atoms with E-state index >= 15 is 0 Å². The lowest BCUT2D eigenvalue weighted by Gasteiger charge is -2.35. The normalized spacial score (nSPS) is 19.9. The molecule has 1 heterocycles. The molecular formula is C19H28ClNO2. The van der Waals surface area contributed by atoms with Crippen molar-refractivity contribution in [2.24, 2.45) is 11.8 Å². The van der Waals surface area contributed by atoms with Crippen molar-refractivity contribution < 1.29 is 9.53 Å². The molecule has 4 heteroatoms. The summed E-state index contributed by atoms with van der Waals surface area (Å²) in [5.74, 6) is 1.01. The Morgan fingerprint density at radius 3 is 2.30 bits per heavy atom. The topological polar surface area (TPSA) is 29.5 Å². The molecule has 0 aromatic heterocycles. The van der Waals surface area contributed by atoms with Crippen LogP contribution in [-0.4, -0.2) is 37.1 Å². The third-order valence-electron chi connectivity index (χ3n) is 5.44. The fourth-order valence-corrected chi connectivity index (χ4v) is 3.45. The fourth-order valence-electron chi connectivity index (χ4n) is 3.32. The minimum atomic E-state index is 0.0590. The van der Waals surface area contributed by atoms with Crippen molar-refractivity contribution in [2.75, 3.05) is 20.3 Å². The minimum absolute atomic E-state index is 0.0590. The molecule has 1 aromatic rings. The first kappa shape index (κ1) is 18.3. The Hall–Kier alpha value is -1.06. The van der Waals surface area contributed by atoms with Crippen LogP contribution in [0.4, 0.5) is 0 Å². The number of hydrogen-bond acceptors (Lipinski definition) is 2. The highest BCUT2D eigenvalue weighted by Gasteiger charge is 2.31. The average molecular weight is 338 g/mol. The van der Waals surface area contributed by atoms with Gasteiger partial charge in [-0.05, 0) is 43.4 Å². The highest BCUT2D eigenvalue weighted by molar-refractivity contribution is 6.30. The summed E-state index contributed by atoms with van der Waals surface area (Å²) < 4.78 is 5.41. The first-order chi connectivity index (χ1) is 10.9. The zero-order valence-corrected chi connectivity index (χ0v) is 15.3. The molecule has 1 aliphatic rings. The van der Waals surface area contributed by atoms with Crippen LogP contribution in [0.3, 0.4) is 0 Å². The molecule has 1 amide bonds. The van der Waals surface area contributed by atoms with E-state index in [1.807, 2.05) is 36.2 Å². The van der Waals surface area contributed by atoms with Crippen molar-refractivity contribution in [3.8, 4) is 0 Å². The molecule has 0 bridgehead atoms. The van der Waals surface area contributed by atoms with Gasteiger partial charge < -0.3 is 9.64 Å². The van der Waals surface area contributed by atoms with Gasteiger partial charge in [-0.1, -0.05) is 37.6 Å². The number of rotatable bonds is 5. The molecule has 23 heavy (non-hydrogen) atoms. The van der Waals surface area contributed by atoms with Crippen molar-refractivity contribution in [2.45, 2.75) is 45.6 Å². The first-order valence-electron chi connectivity index (χ1n) is 8.51. The third-order valence-corrected chi connectivity index (χ3v) is 5.69. The monoisotopic (exact) mass is 337 g/mol. The maximum Gasteiger partial charge on any atom is 0.225 e. The number of halogens is 1. The van der Waals surface area contributed by atoms with Gasteiger partial charge in [0.2, 0.25) is 5.91 Å². The molecule has 0 spiro atoms. The number of benzene rings is 1. The van der Waals surface area contributed by atoms with Crippen LogP contribution in [0.1, 0.15) is 45.1 Å². The molecule has 3 atom stereocenters. The molecule has 0 N–H and O–H groups in total. The van der Waals surface area contributed by atoms with E-state index in [4.69, 9.17) is 16.3 Å². The summed E-state index contributed by atoms with van der Waals surface area (Å²) >= 11 is 5.96. The van der Waals surface area contributed by atoms with Crippen LogP contribution in [-0.2, 0) is 9.53 Å². The Labute approximate surface area is 145 Å². The number of carbonyl (C=O) groups excluding carboxylic acids is 1. The average Bonchev–Trinajstić information content (AvgIpc) is 2.60. The predicted octanol–water partition coefficient (Wildman–Crippen LogP) is 4.35. The molecule has 0 radical (unpaired) electrons. The lowest BCUT2D eigenvalue weighted by atomic mass is 9.85. The molecule has 1 fully saturated rings. The van der Waals surface area contributed by atoms with Gasteiger partial charge in [-0.25, -0.2) is 0 Å². The van der Waals surface area contributed by atoms with Crippen molar-refractivity contribution in [3.63, 3.8) is 0 Å². The maximum absolute atomic E-state index is 12.8.